The highest BCUT2D eigenvalue weighted by Crippen LogP contribution is 1.98. The van der Waals surface area contributed by atoms with Crippen LogP contribution in [-0.4, -0.2) is 42.7 Å². The van der Waals surface area contributed by atoms with Gasteiger partial charge in [0.1, 0.15) is 0 Å². The van der Waals surface area contributed by atoms with Gasteiger partial charge in [-0.1, -0.05) is 0 Å². The van der Waals surface area contributed by atoms with Crippen LogP contribution in [0.3, 0.4) is 0 Å². The number of nitrogens with one attached hydrogen (secondary N) is 1. The summed E-state index contributed by atoms with van der Waals surface area (Å²) < 4.78 is 0. The molecule has 6 N–H and O–H groups in total. The van der Waals surface area contributed by atoms with Crippen molar-refractivity contribution < 1.29 is 9.90 Å². The van der Waals surface area contributed by atoms with Crippen molar-refractivity contribution in [1.82, 2.24) is 5.32 Å². The molecule has 92 valence electrons. The predicted octanol–water partition coefficient (Wildman–Crippen LogP) is -1.51. The van der Waals surface area contributed by atoms with E-state index in [0.717, 1.165) is 0 Å². The lowest BCUT2D eigenvalue weighted by molar-refractivity contribution is -0.123. The number of carbonyl (C=O) groups excluding carboxylic acids is 1. The van der Waals surface area contributed by atoms with Crippen LogP contribution in [0.1, 0.15) is 19.3 Å². The Hall–Kier alpha value is -1.00. The van der Waals surface area contributed by atoms with Crippen molar-refractivity contribution in [2.75, 3.05) is 19.7 Å². The van der Waals surface area contributed by atoms with Crippen LogP contribution in [-0.2, 0) is 4.79 Å². The molecule has 16 heavy (non-hydrogen) atoms. The summed E-state index contributed by atoms with van der Waals surface area (Å²) in [6, 6.07) is 0.665. The van der Waals surface area contributed by atoms with Crippen LogP contribution >= 0.6 is 0 Å². The molecule has 0 bridgehead atoms. The highest BCUT2D eigenvalue weighted by Gasteiger charge is 2.22. The van der Waals surface area contributed by atoms with Gasteiger partial charge in [0, 0.05) is 13.0 Å². The van der Waals surface area contributed by atoms with Gasteiger partial charge < -0.3 is 21.9 Å². The number of rotatable bonds is 9. The van der Waals surface area contributed by atoms with Crippen LogP contribution in [0, 0.1) is 11.3 Å². The number of nitrogens with zero attached hydrogens (tertiary/aromatic N) is 1. The minimum absolute atomic E-state index is 0.228. The van der Waals surface area contributed by atoms with E-state index >= 15 is 0 Å². The summed E-state index contributed by atoms with van der Waals surface area (Å²) in [5, 5.41) is 20.2. The molecule has 0 amide bonds. The number of nitriles is 1. The van der Waals surface area contributed by atoms with Gasteiger partial charge in [0.25, 0.3) is 0 Å². The maximum Gasteiger partial charge on any atom is 0.168 e. The molecule has 0 saturated carbocycles. The van der Waals surface area contributed by atoms with Crippen molar-refractivity contribution in [2.24, 2.45) is 11.5 Å². The molecule has 2 atom stereocenters. The van der Waals surface area contributed by atoms with E-state index in [1.807, 2.05) is 6.07 Å². The van der Waals surface area contributed by atoms with Crippen molar-refractivity contribution in [1.29, 1.82) is 5.26 Å². The molecule has 0 radical (unpaired) electrons. The molecule has 0 aromatic heterocycles. The number of hydrogen-bond donors (Lipinski definition) is 4. The van der Waals surface area contributed by atoms with Crippen LogP contribution in [0.25, 0.3) is 0 Å². The lowest BCUT2D eigenvalue weighted by atomic mass is 10.0. The monoisotopic (exact) mass is 228 g/mol. The SMILES string of the molecule is N#CCCN[C@@H](CO)C(=O)C(N)CCCN. The third kappa shape index (κ3) is 5.78. The smallest absolute Gasteiger partial charge is 0.168 e. The second-order valence-corrected chi connectivity index (χ2v) is 3.54. The predicted molar refractivity (Wildman–Crippen MR) is 60.4 cm³/mol. The van der Waals surface area contributed by atoms with Crippen LogP contribution in [0.2, 0.25) is 0 Å². The zero-order valence-corrected chi connectivity index (χ0v) is 9.35. The zero-order valence-electron chi connectivity index (χ0n) is 9.35. The zero-order chi connectivity index (χ0) is 12.4. The van der Waals surface area contributed by atoms with Gasteiger partial charge in [-0.25, -0.2) is 0 Å². The first-order valence-corrected chi connectivity index (χ1v) is 5.38. The van der Waals surface area contributed by atoms with Crippen molar-refractivity contribution in [2.45, 2.75) is 31.3 Å². The number of Topliss-reactive ketones (excluding diaryl/α,β-unsaturated/α-hetero) is 1. The molecule has 0 spiro atoms. The first-order chi connectivity index (χ1) is 7.67. The number of ketones is 1. The molecule has 6 nitrogen and oxygen atoms in total. The normalized spacial score (nSPS) is 14.1. The molecule has 0 saturated heterocycles. The van der Waals surface area contributed by atoms with Crippen molar-refractivity contribution in [3.05, 3.63) is 0 Å². The molecule has 0 heterocycles. The largest absolute Gasteiger partial charge is 0.394 e. The Balaban J connectivity index is 4.03. The first kappa shape index (κ1) is 15.0. The minimum Gasteiger partial charge on any atom is -0.394 e. The summed E-state index contributed by atoms with van der Waals surface area (Å²) >= 11 is 0. The maximum atomic E-state index is 11.7. The van der Waals surface area contributed by atoms with Crippen molar-refractivity contribution >= 4 is 5.78 Å². The molecule has 0 fully saturated rings. The fourth-order valence-electron chi connectivity index (χ4n) is 1.30. The highest BCUT2D eigenvalue weighted by molar-refractivity contribution is 5.88. The van der Waals surface area contributed by atoms with Gasteiger partial charge >= 0.3 is 0 Å². The molecule has 1 unspecified atom stereocenters. The number of hydrogen-bond acceptors (Lipinski definition) is 6. The van der Waals surface area contributed by atoms with Gasteiger partial charge in [0.2, 0.25) is 0 Å². The highest BCUT2D eigenvalue weighted by atomic mass is 16.3. The molecule has 0 aliphatic rings. The molecule has 0 aromatic carbocycles. The van der Waals surface area contributed by atoms with E-state index in [1.165, 1.54) is 0 Å². The van der Waals surface area contributed by atoms with E-state index in [-0.39, 0.29) is 12.4 Å². The number of aliphatic hydroxyl groups is 1. The Morgan fingerprint density at radius 3 is 2.75 bits per heavy atom. The minimum atomic E-state index is -0.680. The standard InChI is InChI=1S/C10H20N4O2/c11-4-1-3-8(13)10(16)9(7-15)14-6-2-5-12/h8-9,14-15H,1-4,6-7,11,13H2/t8?,9-/m0/s1. The average Bonchev–Trinajstić information content (AvgIpc) is 2.31. The summed E-state index contributed by atoms with van der Waals surface area (Å²) in [7, 11) is 0. The van der Waals surface area contributed by atoms with Gasteiger partial charge in [0.15, 0.2) is 5.78 Å². The second-order valence-electron chi connectivity index (χ2n) is 3.54. The number of carbonyl (C=O) groups is 1. The Morgan fingerprint density at radius 1 is 1.56 bits per heavy atom. The number of nitrogens with two attached hydrogens (primary N) is 2. The first-order valence-electron chi connectivity index (χ1n) is 5.38. The Kier molecular flexibility index (Phi) is 8.66. The van der Waals surface area contributed by atoms with Crippen LogP contribution < -0.4 is 16.8 Å². The summed E-state index contributed by atoms with van der Waals surface area (Å²) in [5.74, 6) is -0.228. The summed E-state index contributed by atoms with van der Waals surface area (Å²) in [6.07, 6.45) is 1.50. The Morgan fingerprint density at radius 2 is 2.25 bits per heavy atom. The van der Waals surface area contributed by atoms with Crippen LogP contribution in [0.15, 0.2) is 0 Å². The van der Waals surface area contributed by atoms with E-state index in [0.29, 0.717) is 32.4 Å². The van der Waals surface area contributed by atoms with Gasteiger partial charge in [-0.2, -0.15) is 5.26 Å². The van der Waals surface area contributed by atoms with Gasteiger partial charge in [-0.3, -0.25) is 4.79 Å². The topological polar surface area (TPSA) is 125 Å². The summed E-state index contributed by atoms with van der Waals surface area (Å²) in [5.41, 5.74) is 11.0. The van der Waals surface area contributed by atoms with Gasteiger partial charge in [-0.15, -0.1) is 0 Å². The van der Waals surface area contributed by atoms with E-state index in [9.17, 15) is 4.79 Å². The molecule has 0 aliphatic carbocycles. The molecule has 0 aliphatic heterocycles. The number of aliphatic hydroxyl groups excluding tert-OH is 1. The second kappa shape index (κ2) is 9.24. The third-order valence-electron chi connectivity index (χ3n) is 2.24. The molecule has 0 rings (SSSR count). The lowest BCUT2D eigenvalue weighted by Crippen LogP contribution is -2.48. The van der Waals surface area contributed by atoms with Crippen molar-refractivity contribution in [3.63, 3.8) is 0 Å². The molecule has 0 aromatic rings. The Bertz CT molecular complexity index is 239. The van der Waals surface area contributed by atoms with E-state index in [1.54, 1.807) is 0 Å². The van der Waals surface area contributed by atoms with E-state index < -0.39 is 12.1 Å². The molecule has 6 heteroatoms. The Labute approximate surface area is 95.6 Å². The maximum absolute atomic E-state index is 11.7. The quantitative estimate of drug-likeness (QED) is 0.355. The van der Waals surface area contributed by atoms with E-state index in [2.05, 4.69) is 5.32 Å². The summed E-state index contributed by atoms with van der Waals surface area (Å²) in [4.78, 5) is 11.7. The summed E-state index contributed by atoms with van der Waals surface area (Å²) in [6.45, 7) is 0.560. The fourth-order valence-corrected chi connectivity index (χ4v) is 1.30. The molecular weight excluding hydrogens is 208 g/mol. The fraction of sp³-hybridized carbons (Fsp3) is 0.800. The van der Waals surface area contributed by atoms with Crippen LogP contribution in [0.5, 0.6) is 0 Å². The van der Waals surface area contributed by atoms with Crippen LogP contribution in [0.4, 0.5) is 0 Å². The third-order valence-corrected chi connectivity index (χ3v) is 2.24. The van der Waals surface area contributed by atoms with Gasteiger partial charge in [0.05, 0.1) is 24.8 Å². The van der Waals surface area contributed by atoms with E-state index in [4.69, 9.17) is 21.8 Å². The molecular formula is C10H20N4O2. The lowest BCUT2D eigenvalue weighted by Gasteiger charge is -2.18. The van der Waals surface area contributed by atoms with Crippen molar-refractivity contribution in [3.8, 4) is 6.07 Å². The average molecular weight is 228 g/mol. The van der Waals surface area contributed by atoms with Gasteiger partial charge in [-0.05, 0) is 19.4 Å².